The molecule has 1 heterocycles. The molecule has 0 aromatic carbocycles. The summed E-state index contributed by atoms with van der Waals surface area (Å²) in [6.07, 6.45) is 8.36. The number of likely N-dealkylation sites (N-methyl/N-ethyl adjacent to an activating group) is 2. The van der Waals surface area contributed by atoms with E-state index in [0.717, 1.165) is 23.7 Å². The smallest absolute Gasteiger partial charge is 0.135 e. The SMILES string of the molecule is C=C1NC(CN(C)N(C)C2CCCCC2)N(C)C(=NC)C1=CN. The van der Waals surface area contributed by atoms with Crippen molar-refractivity contribution in [3.8, 4) is 0 Å². The molecule has 6 heteroatoms. The van der Waals surface area contributed by atoms with Crippen molar-refractivity contribution in [2.45, 2.75) is 44.3 Å². The van der Waals surface area contributed by atoms with Crippen LogP contribution in [-0.2, 0) is 0 Å². The van der Waals surface area contributed by atoms with Crippen LogP contribution in [-0.4, -0.2) is 67.7 Å². The molecule has 6 nitrogen and oxygen atoms in total. The monoisotopic (exact) mass is 320 g/mol. The minimum Gasteiger partial charge on any atom is -0.404 e. The van der Waals surface area contributed by atoms with Crippen molar-refractivity contribution in [2.75, 3.05) is 34.7 Å². The van der Waals surface area contributed by atoms with Gasteiger partial charge in [-0.05, 0) is 12.8 Å². The maximum Gasteiger partial charge on any atom is 0.135 e. The first-order valence-electron chi connectivity index (χ1n) is 8.51. The molecule has 1 saturated carbocycles. The Morgan fingerprint density at radius 3 is 2.57 bits per heavy atom. The van der Waals surface area contributed by atoms with E-state index < -0.39 is 0 Å². The largest absolute Gasteiger partial charge is 0.404 e. The molecule has 0 bridgehead atoms. The third kappa shape index (κ3) is 3.87. The van der Waals surface area contributed by atoms with Gasteiger partial charge in [0.05, 0.1) is 12.1 Å². The van der Waals surface area contributed by atoms with Crippen molar-refractivity contribution in [2.24, 2.45) is 10.7 Å². The van der Waals surface area contributed by atoms with E-state index in [2.05, 4.69) is 45.9 Å². The van der Waals surface area contributed by atoms with E-state index in [1.165, 1.54) is 32.1 Å². The Morgan fingerprint density at radius 2 is 2.00 bits per heavy atom. The van der Waals surface area contributed by atoms with Gasteiger partial charge in [0.25, 0.3) is 0 Å². The van der Waals surface area contributed by atoms with E-state index in [1.807, 2.05) is 7.05 Å². The predicted octanol–water partition coefficient (Wildman–Crippen LogP) is 1.34. The lowest BCUT2D eigenvalue weighted by Gasteiger charge is -2.44. The van der Waals surface area contributed by atoms with Crippen molar-refractivity contribution < 1.29 is 0 Å². The third-order valence-corrected chi connectivity index (χ3v) is 5.17. The Labute approximate surface area is 140 Å². The molecular weight excluding hydrogens is 288 g/mol. The predicted molar refractivity (Wildman–Crippen MR) is 96.7 cm³/mol. The molecule has 1 saturated heterocycles. The Morgan fingerprint density at radius 1 is 1.35 bits per heavy atom. The number of aliphatic imine (C=N–C) groups is 1. The maximum atomic E-state index is 5.73. The maximum absolute atomic E-state index is 5.73. The second-order valence-corrected chi connectivity index (χ2v) is 6.58. The van der Waals surface area contributed by atoms with Crippen LogP contribution in [0.3, 0.4) is 0 Å². The standard InChI is InChI=1S/C17H32N6/c1-13-15(11-18)17(19-2)22(4)16(20-13)12-21(3)23(5)14-9-7-6-8-10-14/h11,14,16,20H,1,6-10,12,18H2,2-5H3. The van der Waals surface area contributed by atoms with Crippen LogP contribution in [0.1, 0.15) is 32.1 Å². The molecule has 0 radical (unpaired) electrons. The van der Waals surface area contributed by atoms with E-state index in [-0.39, 0.29) is 6.17 Å². The van der Waals surface area contributed by atoms with Crippen LogP contribution >= 0.6 is 0 Å². The number of rotatable bonds is 4. The van der Waals surface area contributed by atoms with Crippen LogP contribution in [0.25, 0.3) is 0 Å². The molecule has 0 spiro atoms. The topological polar surface area (TPSA) is 60.1 Å². The summed E-state index contributed by atoms with van der Waals surface area (Å²) in [4.78, 5) is 6.52. The summed E-state index contributed by atoms with van der Waals surface area (Å²) < 4.78 is 0. The van der Waals surface area contributed by atoms with Gasteiger partial charge < -0.3 is 16.0 Å². The number of amidine groups is 1. The van der Waals surface area contributed by atoms with Crippen LogP contribution < -0.4 is 11.1 Å². The van der Waals surface area contributed by atoms with Crippen LogP contribution in [0.2, 0.25) is 0 Å². The summed E-state index contributed by atoms with van der Waals surface area (Å²) in [5.74, 6) is 0.884. The van der Waals surface area contributed by atoms with Gasteiger partial charge in [0, 0.05) is 46.1 Å². The summed E-state index contributed by atoms with van der Waals surface area (Å²) in [5, 5.41) is 8.16. The zero-order chi connectivity index (χ0) is 17.0. The van der Waals surface area contributed by atoms with Crippen molar-refractivity contribution in [3.63, 3.8) is 0 Å². The van der Waals surface area contributed by atoms with Gasteiger partial charge in [0.2, 0.25) is 0 Å². The minimum absolute atomic E-state index is 0.126. The number of nitrogens with two attached hydrogens (primary N) is 1. The Kier molecular flexibility index (Phi) is 6.07. The highest BCUT2D eigenvalue weighted by Crippen LogP contribution is 2.23. The fourth-order valence-corrected chi connectivity index (χ4v) is 3.58. The first kappa shape index (κ1) is 17.8. The van der Waals surface area contributed by atoms with Gasteiger partial charge in [0.15, 0.2) is 0 Å². The van der Waals surface area contributed by atoms with Crippen LogP contribution in [0.4, 0.5) is 0 Å². The molecule has 0 aromatic rings. The van der Waals surface area contributed by atoms with Gasteiger partial charge in [-0.2, -0.15) is 0 Å². The van der Waals surface area contributed by atoms with Crippen LogP contribution in [0, 0.1) is 0 Å². The highest BCUT2D eigenvalue weighted by Gasteiger charge is 2.31. The number of hydrogen-bond donors (Lipinski definition) is 2. The number of nitrogens with one attached hydrogen (secondary N) is 1. The molecule has 130 valence electrons. The molecule has 2 rings (SSSR count). The van der Waals surface area contributed by atoms with Crippen molar-refractivity contribution in [3.05, 3.63) is 24.0 Å². The van der Waals surface area contributed by atoms with E-state index in [0.29, 0.717) is 6.04 Å². The average Bonchev–Trinajstić information content (AvgIpc) is 2.57. The summed E-state index contributed by atoms with van der Waals surface area (Å²) in [7, 11) is 8.20. The molecule has 3 N–H and O–H groups in total. The van der Waals surface area contributed by atoms with E-state index in [1.54, 1.807) is 13.2 Å². The molecule has 1 unspecified atom stereocenters. The van der Waals surface area contributed by atoms with Crippen LogP contribution in [0.5, 0.6) is 0 Å². The zero-order valence-corrected chi connectivity index (χ0v) is 15.0. The lowest BCUT2D eigenvalue weighted by atomic mass is 9.95. The summed E-state index contributed by atoms with van der Waals surface area (Å²) >= 11 is 0. The summed E-state index contributed by atoms with van der Waals surface area (Å²) in [5.41, 5.74) is 7.43. The summed E-state index contributed by atoms with van der Waals surface area (Å²) in [6.45, 7) is 4.95. The Hall–Kier alpha value is -1.53. The molecule has 2 aliphatic rings. The number of hydrogen-bond acceptors (Lipinski definition) is 5. The molecule has 2 fully saturated rings. The average molecular weight is 320 g/mol. The molecular formula is C17H32N6. The molecule has 23 heavy (non-hydrogen) atoms. The molecule has 0 aromatic heterocycles. The highest BCUT2D eigenvalue weighted by atomic mass is 15.6. The molecule has 0 amide bonds. The quantitative estimate of drug-likeness (QED) is 0.766. The van der Waals surface area contributed by atoms with Gasteiger partial charge >= 0.3 is 0 Å². The van der Waals surface area contributed by atoms with E-state index >= 15 is 0 Å². The van der Waals surface area contributed by atoms with Gasteiger partial charge in [0.1, 0.15) is 12.0 Å². The highest BCUT2D eigenvalue weighted by molar-refractivity contribution is 6.02. The van der Waals surface area contributed by atoms with Crippen molar-refractivity contribution in [1.82, 2.24) is 20.2 Å². The van der Waals surface area contributed by atoms with Crippen molar-refractivity contribution in [1.29, 1.82) is 0 Å². The van der Waals surface area contributed by atoms with Gasteiger partial charge in [-0.3, -0.25) is 4.99 Å². The fraction of sp³-hybridized carbons (Fsp3) is 0.706. The van der Waals surface area contributed by atoms with Gasteiger partial charge in [-0.15, -0.1) is 0 Å². The third-order valence-electron chi connectivity index (χ3n) is 5.17. The zero-order valence-electron chi connectivity index (χ0n) is 15.0. The summed E-state index contributed by atoms with van der Waals surface area (Å²) in [6, 6.07) is 0.657. The lowest BCUT2D eigenvalue weighted by Crippen LogP contribution is -2.59. The first-order valence-corrected chi connectivity index (χ1v) is 8.51. The van der Waals surface area contributed by atoms with Gasteiger partial charge in [-0.25, -0.2) is 10.0 Å². The van der Waals surface area contributed by atoms with Crippen LogP contribution in [0.15, 0.2) is 29.0 Å². The Balaban J connectivity index is 2.02. The number of hydrazine groups is 1. The molecule has 1 aliphatic heterocycles. The van der Waals surface area contributed by atoms with Crippen molar-refractivity contribution >= 4 is 5.84 Å². The lowest BCUT2D eigenvalue weighted by molar-refractivity contribution is -0.0401. The minimum atomic E-state index is 0.126. The second kappa shape index (κ2) is 7.84. The number of nitrogens with zero attached hydrogens (tertiary/aromatic N) is 4. The first-order chi connectivity index (χ1) is 11.0. The fourth-order valence-electron chi connectivity index (χ4n) is 3.58. The Bertz CT molecular complexity index is 477. The second-order valence-electron chi connectivity index (χ2n) is 6.58. The van der Waals surface area contributed by atoms with E-state index in [9.17, 15) is 0 Å². The molecule has 1 aliphatic carbocycles. The van der Waals surface area contributed by atoms with E-state index in [4.69, 9.17) is 5.73 Å². The van der Waals surface area contributed by atoms with Gasteiger partial charge in [-0.1, -0.05) is 25.8 Å². The normalized spacial score (nSPS) is 27.3. The molecule has 1 atom stereocenters.